The number of aromatic nitrogens is 1. The van der Waals surface area contributed by atoms with E-state index in [-0.39, 0.29) is 0 Å². The van der Waals surface area contributed by atoms with Crippen LogP contribution in [0.3, 0.4) is 0 Å². The Morgan fingerprint density at radius 3 is 2.28 bits per heavy atom. The van der Waals surface area contributed by atoms with Crippen LogP contribution in [0.1, 0.15) is 0 Å². The highest BCUT2D eigenvalue weighted by atomic mass is 14.7. The summed E-state index contributed by atoms with van der Waals surface area (Å²) in [6.07, 6.45) is 0. The molecule has 0 aliphatic rings. The SMILES string of the molecule is [B]c1ccc2[nH]c3cc4ccccc4cc3c2c1. The average Bonchev–Trinajstić information content (AvgIpc) is 2.73. The first-order valence-corrected chi connectivity index (χ1v) is 6.01. The van der Waals surface area contributed by atoms with E-state index < -0.39 is 0 Å². The number of fused-ring (bicyclic) bond motifs is 4. The number of H-pyrrole nitrogens is 1. The van der Waals surface area contributed by atoms with Gasteiger partial charge in [0.05, 0.1) is 0 Å². The van der Waals surface area contributed by atoms with Gasteiger partial charge in [0.2, 0.25) is 0 Å². The molecule has 4 rings (SSSR count). The molecule has 1 heterocycles. The molecule has 3 aromatic carbocycles. The van der Waals surface area contributed by atoms with Gasteiger partial charge in [-0.25, -0.2) is 0 Å². The fraction of sp³-hybridized carbons (Fsp3) is 0. The normalized spacial score (nSPS) is 11.6. The van der Waals surface area contributed by atoms with Crippen LogP contribution in [0.25, 0.3) is 32.6 Å². The maximum absolute atomic E-state index is 5.87. The third kappa shape index (κ3) is 1.29. The van der Waals surface area contributed by atoms with Crippen LogP contribution in [-0.2, 0) is 0 Å². The molecule has 0 saturated heterocycles. The molecule has 82 valence electrons. The fourth-order valence-corrected chi connectivity index (χ4v) is 2.61. The Labute approximate surface area is 106 Å². The van der Waals surface area contributed by atoms with Crippen LogP contribution in [-0.4, -0.2) is 12.8 Å². The summed E-state index contributed by atoms with van der Waals surface area (Å²) in [6.45, 7) is 0. The van der Waals surface area contributed by atoms with Gasteiger partial charge < -0.3 is 4.98 Å². The molecule has 0 unspecified atom stereocenters. The zero-order chi connectivity index (χ0) is 12.1. The first kappa shape index (κ1) is 9.78. The summed E-state index contributed by atoms with van der Waals surface area (Å²) in [4.78, 5) is 3.44. The largest absolute Gasteiger partial charge is 0.354 e. The molecule has 0 bridgehead atoms. The van der Waals surface area contributed by atoms with Gasteiger partial charge in [-0.3, -0.25) is 0 Å². The van der Waals surface area contributed by atoms with E-state index in [0.29, 0.717) is 0 Å². The third-order valence-corrected chi connectivity index (χ3v) is 3.49. The van der Waals surface area contributed by atoms with Crippen molar-refractivity contribution < 1.29 is 0 Å². The second-order valence-electron chi connectivity index (χ2n) is 4.67. The predicted octanol–water partition coefficient (Wildman–Crippen LogP) is 3.27. The van der Waals surface area contributed by atoms with Gasteiger partial charge in [0, 0.05) is 21.8 Å². The molecule has 0 atom stereocenters. The summed E-state index contributed by atoms with van der Waals surface area (Å²) in [5, 5.41) is 4.93. The monoisotopic (exact) mass is 227 g/mol. The van der Waals surface area contributed by atoms with Gasteiger partial charge in [0.25, 0.3) is 0 Å². The van der Waals surface area contributed by atoms with E-state index in [0.717, 1.165) is 16.5 Å². The van der Waals surface area contributed by atoms with Crippen molar-refractivity contribution in [1.29, 1.82) is 0 Å². The highest BCUT2D eigenvalue weighted by molar-refractivity contribution is 6.33. The van der Waals surface area contributed by atoms with Gasteiger partial charge in [0.15, 0.2) is 0 Å². The molecule has 1 aromatic heterocycles. The van der Waals surface area contributed by atoms with E-state index in [1.807, 2.05) is 18.2 Å². The number of aromatic amines is 1. The van der Waals surface area contributed by atoms with Crippen LogP contribution in [0.4, 0.5) is 0 Å². The lowest BCUT2D eigenvalue weighted by Gasteiger charge is -1.98. The van der Waals surface area contributed by atoms with Gasteiger partial charge in [-0.05, 0) is 29.0 Å². The van der Waals surface area contributed by atoms with Crippen molar-refractivity contribution in [3.05, 3.63) is 54.6 Å². The first-order valence-electron chi connectivity index (χ1n) is 6.01. The highest BCUT2D eigenvalue weighted by Crippen LogP contribution is 2.28. The van der Waals surface area contributed by atoms with E-state index in [4.69, 9.17) is 7.85 Å². The molecule has 1 N–H and O–H groups in total. The fourth-order valence-electron chi connectivity index (χ4n) is 2.61. The second-order valence-corrected chi connectivity index (χ2v) is 4.67. The molecule has 0 aliphatic heterocycles. The zero-order valence-corrected chi connectivity index (χ0v) is 9.77. The first-order chi connectivity index (χ1) is 8.81. The van der Waals surface area contributed by atoms with Gasteiger partial charge in [-0.1, -0.05) is 41.9 Å². The standard InChI is InChI=1S/C16H10BN/c17-12-5-6-15-14(9-12)13-7-10-3-1-2-4-11(10)8-16(13)18-15/h1-9,18H. The van der Waals surface area contributed by atoms with Crippen molar-refractivity contribution in [2.24, 2.45) is 0 Å². The number of hydrogen-bond acceptors (Lipinski definition) is 0. The van der Waals surface area contributed by atoms with Crippen molar-refractivity contribution in [3.63, 3.8) is 0 Å². The quantitative estimate of drug-likeness (QED) is 0.444. The Morgan fingerprint density at radius 1 is 0.722 bits per heavy atom. The maximum Gasteiger partial charge on any atom is 0.113 e. The lowest BCUT2D eigenvalue weighted by molar-refractivity contribution is 1.56. The molecule has 0 amide bonds. The minimum absolute atomic E-state index is 0.802. The number of hydrogen-bond donors (Lipinski definition) is 1. The third-order valence-electron chi connectivity index (χ3n) is 3.49. The Morgan fingerprint density at radius 2 is 1.44 bits per heavy atom. The molecule has 2 radical (unpaired) electrons. The van der Waals surface area contributed by atoms with Crippen LogP contribution in [0.5, 0.6) is 0 Å². The molecular formula is C16H10BN. The van der Waals surface area contributed by atoms with E-state index in [1.54, 1.807) is 0 Å². The van der Waals surface area contributed by atoms with Gasteiger partial charge >= 0.3 is 0 Å². The second kappa shape index (κ2) is 3.39. The summed E-state index contributed by atoms with van der Waals surface area (Å²) in [5.41, 5.74) is 3.10. The van der Waals surface area contributed by atoms with Gasteiger partial charge in [-0.15, -0.1) is 0 Å². The summed E-state index contributed by atoms with van der Waals surface area (Å²) >= 11 is 0. The summed E-state index contributed by atoms with van der Waals surface area (Å²) < 4.78 is 0. The number of nitrogens with one attached hydrogen (secondary N) is 1. The highest BCUT2D eigenvalue weighted by Gasteiger charge is 2.05. The smallest absolute Gasteiger partial charge is 0.113 e. The van der Waals surface area contributed by atoms with Crippen molar-refractivity contribution in [3.8, 4) is 0 Å². The molecular weight excluding hydrogens is 217 g/mol. The average molecular weight is 227 g/mol. The molecule has 0 fully saturated rings. The zero-order valence-electron chi connectivity index (χ0n) is 9.77. The predicted molar refractivity (Wildman–Crippen MR) is 78.7 cm³/mol. The topological polar surface area (TPSA) is 15.8 Å². The van der Waals surface area contributed by atoms with Crippen molar-refractivity contribution >= 4 is 45.9 Å². The van der Waals surface area contributed by atoms with Crippen molar-refractivity contribution in [2.45, 2.75) is 0 Å². The van der Waals surface area contributed by atoms with Crippen molar-refractivity contribution in [1.82, 2.24) is 4.98 Å². The number of benzene rings is 3. The van der Waals surface area contributed by atoms with Crippen LogP contribution in [0.2, 0.25) is 0 Å². The molecule has 0 spiro atoms. The summed E-state index contributed by atoms with van der Waals surface area (Å²) in [5.74, 6) is 0. The lowest BCUT2D eigenvalue weighted by Crippen LogP contribution is -1.98. The van der Waals surface area contributed by atoms with Crippen LogP contribution < -0.4 is 5.46 Å². The Bertz CT molecular complexity index is 889. The van der Waals surface area contributed by atoms with Crippen LogP contribution in [0, 0.1) is 0 Å². The minimum Gasteiger partial charge on any atom is -0.354 e. The molecule has 18 heavy (non-hydrogen) atoms. The lowest BCUT2D eigenvalue weighted by atomic mass is 9.94. The van der Waals surface area contributed by atoms with E-state index in [1.165, 1.54) is 21.5 Å². The molecule has 2 heteroatoms. The molecule has 0 aliphatic carbocycles. The van der Waals surface area contributed by atoms with E-state index in [9.17, 15) is 0 Å². The van der Waals surface area contributed by atoms with E-state index >= 15 is 0 Å². The minimum atomic E-state index is 0.802. The maximum atomic E-state index is 5.87. The Kier molecular flexibility index (Phi) is 1.84. The number of rotatable bonds is 0. The van der Waals surface area contributed by atoms with E-state index in [2.05, 4.69) is 41.4 Å². The molecule has 1 nitrogen and oxygen atoms in total. The summed E-state index contributed by atoms with van der Waals surface area (Å²) in [7, 11) is 5.87. The molecule has 0 saturated carbocycles. The Hall–Kier alpha value is -2.22. The van der Waals surface area contributed by atoms with Crippen LogP contribution >= 0.6 is 0 Å². The molecule has 4 aromatic rings. The van der Waals surface area contributed by atoms with Crippen molar-refractivity contribution in [2.75, 3.05) is 0 Å². The van der Waals surface area contributed by atoms with Crippen LogP contribution in [0.15, 0.2) is 54.6 Å². The van der Waals surface area contributed by atoms with Gasteiger partial charge in [-0.2, -0.15) is 0 Å². The summed E-state index contributed by atoms with van der Waals surface area (Å²) in [6, 6.07) is 18.8. The Balaban J connectivity index is 2.25. The van der Waals surface area contributed by atoms with Gasteiger partial charge in [0.1, 0.15) is 7.85 Å².